The fraction of sp³-hybridized carbons (Fsp3) is 0.500. The molecule has 0 aromatic carbocycles. The molecule has 1 heterocycles. The third-order valence-corrected chi connectivity index (χ3v) is 2.40. The van der Waals surface area contributed by atoms with E-state index in [1.165, 1.54) is 0 Å². The van der Waals surface area contributed by atoms with Crippen molar-refractivity contribution in [3.8, 4) is 0 Å². The van der Waals surface area contributed by atoms with Crippen LogP contribution in [0, 0.1) is 0 Å². The zero-order chi connectivity index (χ0) is 8.97. The van der Waals surface area contributed by atoms with E-state index in [0.717, 1.165) is 23.1 Å². The molecule has 0 atom stereocenters. The average molecular weight is 202 g/mol. The number of nitrogens with zero attached hydrogens (tertiary/aromatic N) is 2. The molecule has 0 amide bonds. The predicted molar refractivity (Wildman–Crippen MR) is 57.8 cm³/mol. The molecule has 1 aliphatic rings. The van der Waals surface area contributed by atoms with Crippen LogP contribution in [0.4, 0.5) is 0 Å². The van der Waals surface area contributed by atoms with E-state index in [-0.39, 0.29) is 5.11 Å². The minimum absolute atomic E-state index is 0.179. The quantitative estimate of drug-likeness (QED) is 0.385. The highest BCUT2D eigenvalue weighted by atomic mass is 32.2. The van der Waals surface area contributed by atoms with Gasteiger partial charge in [0.1, 0.15) is 5.04 Å². The highest BCUT2D eigenvalue weighted by Gasteiger charge is 2.09. The van der Waals surface area contributed by atoms with Crippen LogP contribution in [0.5, 0.6) is 0 Å². The maximum atomic E-state index is 5.21. The number of rotatable bonds is 2. The first-order valence-corrected chi connectivity index (χ1v) is 4.87. The summed E-state index contributed by atoms with van der Waals surface area (Å²) < 4.78 is 0. The number of thiocarbonyl (C=S) groups is 1. The van der Waals surface area contributed by atoms with Crippen LogP contribution >= 0.6 is 24.0 Å². The number of aliphatic imine (C=N–C) groups is 1. The van der Waals surface area contributed by atoms with Crippen LogP contribution in [0.25, 0.3) is 0 Å². The Kier molecular flexibility index (Phi) is 3.48. The summed E-state index contributed by atoms with van der Waals surface area (Å²) in [7, 11) is 0. The van der Waals surface area contributed by atoms with Crippen LogP contribution in [0.2, 0.25) is 0 Å². The fourth-order valence-electron chi connectivity index (χ4n) is 0.741. The Morgan fingerprint density at radius 1 is 1.83 bits per heavy atom. The van der Waals surface area contributed by atoms with Gasteiger partial charge in [-0.1, -0.05) is 0 Å². The molecular weight excluding hydrogens is 192 g/mol. The van der Waals surface area contributed by atoms with Gasteiger partial charge in [-0.2, -0.15) is 5.10 Å². The van der Waals surface area contributed by atoms with Gasteiger partial charge in [0.15, 0.2) is 5.11 Å². The van der Waals surface area contributed by atoms with Crippen LogP contribution < -0.4 is 11.2 Å². The zero-order valence-corrected chi connectivity index (χ0v) is 8.34. The van der Waals surface area contributed by atoms with Gasteiger partial charge in [0.2, 0.25) is 0 Å². The number of hydrogen-bond acceptors (Lipinski definition) is 4. The number of nitrogens with one attached hydrogen (secondary N) is 1. The molecule has 1 rings (SSSR count). The highest BCUT2D eigenvalue weighted by molar-refractivity contribution is 8.16. The third-order valence-electron chi connectivity index (χ3n) is 1.23. The van der Waals surface area contributed by atoms with Crippen molar-refractivity contribution >= 4 is 39.8 Å². The Balaban J connectivity index is 2.50. The smallest absolute Gasteiger partial charge is 0.184 e. The fourth-order valence-corrected chi connectivity index (χ4v) is 1.60. The lowest BCUT2D eigenvalue weighted by Crippen LogP contribution is -2.26. The molecule has 0 aromatic rings. The molecule has 66 valence electrons. The molecular formula is C6H10N4S2. The molecule has 0 aromatic heterocycles. The van der Waals surface area contributed by atoms with Gasteiger partial charge in [-0.3, -0.25) is 10.4 Å². The molecule has 12 heavy (non-hydrogen) atoms. The van der Waals surface area contributed by atoms with E-state index in [0.29, 0.717) is 0 Å². The lowest BCUT2D eigenvalue weighted by atomic mass is 10.5. The normalized spacial score (nSPS) is 17.4. The predicted octanol–water partition coefficient (Wildman–Crippen LogP) is 0.341. The van der Waals surface area contributed by atoms with Gasteiger partial charge in [-0.05, 0) is 19.1 Å². The minimum Gasteiger partial charge on any atom is -0.375 e. The standard InChI is InChI=1S/C6H10N4S2/c1-4(9-10-6(7)11)5-8-2-3-12-5/h2-3H2,1H3,(H3,7,10,11)/b9-4+. The first-order chi connectivity index (χ1) is 5.70. The first-order valence-electron chi connectivity index (χ1n) is 3.47. The molecule has 0 aliphatic carbocycles. The van der Waals surface area contributed by atoms with Crippen molar-refractivity contribution in [2.75, 3.05) is 12.3 Å². The second-order valence-electron chi connectivity index (χ2n) is 2.21. The van der Waals surface area contributed by atoms with E-state index >= 15 is 0 Å². The molecule has 0 bridgehead atoms. The van der Waals surface area contributed by atoms with Gasteiger partial charge in [0.25, 0.3) is 0 Å². The van der Waals surface area contributed by atoms with Gasteiger partial charge in [-0.25, -0.2) is 0 Å². The summed E-state index contributed by atoms with van der Waals surface area (Å²) in [6, 6.07) is 0. The molecule has 6 heteroatoms. The summed E-state index contributed by atoms with van der Waals surface area (Å²) >= 11 is 6.30. The van der Waals surface area contributed by atoms with Crippen LogP contribution in [-0.4, -0.2) is 28.2 Å². The van der Waals surface area contributed by atoms with E-state index in [4.69, 9.17) is 5.73 Å². The van der Waals surface area contributed by atoms with Crippen molar-refractivity contribution in [2.24, 2.45) is 15.8 Å². The topological polar surface area (TPSA) is 62.8 Å². The second kappa shape index (κ2) is 4.42. The summed E-state index contributed by atoms with van der Waals surface area (Å²) in [5.74, 6) is 1.04. The molecule has 1 aliphatic heterocycles. The first kappa shape index (κ1) is 9.47. The van der Waals surface area contributed by atoms with Gasteiger partial charge in [0.05, 0.1) is 5.71 Å². The maximum Gasteiger partial charge on any atom is 0.184 e. The van der Waals surface area contributed by atoms with Crippen molar-refractivity contribution in [2.45, 2.75) is 6.92 Å². The molecule has 0 radical (unpaired) electrons. The Bertz CT molecular complexity index is 246. The van der Waals surface area contributed by atoms with Gasteiger partial charge >= 0.3 is 0 Å². The lowest BCUT2D eigenvalue weighted by molar-refractivity contribution is 1.03. The van der Waals surface area contributed by atoms with Crippen molar-refractivity contribution in [3.63, 3.8) is 0 Å². The molecule has 0 unspecified atom stereocenters. The summed E-state index contributed by atoms with van der Waals surface area (Å²) in [5, 5.41) is 5.10. The SMILES string of the molecule is C/C(=N\NC(N)=S)C1=NCCS1. The van der Waals surface area contributed by atoms with Crippen LogP contribution in [-0.2, 0) is 0 Å². The van der Waals surface area contributed by atoms with Gasteiger partial charge in [-0.15, -0.1) is 11.8 Å². The van der Waals surface area contributed by atoms with E-state index in [1.54, 1.807) is 11.8 Å². The molecule has 0 fully saturated rings. The maximum absolute atomic E-state index is 5.21. The Labute approximate surface area is 80.7 Å². The Morgan fingerprint density at radius 3 is 3.08 bits per heavy atom. The number of thioether (sulfide) groups is 1. The van der Waals surface area contributed by atoms with Crippen molar-refractivity contribution < 1.29 is 0 Å². The number of nitrogens with two attached hydrogens (primary N) is 1. The van der Waals surface area contributed by atoms with Gasteiger partial charge < -0.3 is 5.73 Å². The zero-order valence-electron chi connectivity index (χ0n) is 6.70. The lowest BCUT2D eigenvalue weighted by Gasteiger charge is -1.99. The average Bonchev–Trinajstić information content (AvgIpc) is 2.51. The van der Waals surface area contributed by atoms with Crippen LogP contribution in [0.3, 0.4) is 0 Å². The largest absolute Gasteiger partial charge is 0.375 e. The number of hydrazone groups is 1. The highest BCUT2D eigenvalue weighted by Crippen LogP contribution is 2.12. The van der Waals surface area contributed by atoms with Crippen molar-refractivity contribution in [1.82, 2.24) is 5.43 Å². The molecule has 0 saturated carbocycles. The molecule has 0 spiro atoms. The minimum atomic E-state index is 0.179. The van der Waals surface area contributed by atoms with Crippen molar-refractivity contribution in [1.29, 1.82) is 0 Å². The van der Waals surface area contributed by atoms with Crippen molar-refractivity contribution in [3.05, 3.63) is 0 Å². The van der Waals surface area contributed by atoms with E-state index in [2.05, 4.69) is 27.7 Å². The summed E-state index contributed by atoms with van der Waals surface area (Å²) in [6.07, 6.45) is 0. The Hall–Kier alpha value is -0.620. The van der Waals surface area contributed by atoms with Gasteiger partial charge in [0, 0.05) is 12.3 Å². The molecule has 0 saturated heterocycles. The monoisotopic (exact) mass is 202 g/mol. The third kappa shape index (κ3) is 2.78. The molecule has 4 nitrogen and oxygen atoms in total. The summed E-state index contributed by atoms with van der Waals surface area (Å²) in [6.45, 7) is 2.75. The van der Waals surface area contributed by atoms with E-state index < -0.39 is 0 Å². The van der Waals surface area contributed by atoms with Crippen LogP contribution in [0.15, 0.2) is 10.1 Å². The van der Waals surface area contributed by atoms with Crippen LogP contribution in [0.1, 0.15) is 6.92 Å². The number of hydrogen-bond donors (Lipinski definition) is 2. The summed E-state index contributed by atoms with van der Waals surface area (Å²) in [4.78, 5) is 4.24. The second-order valence-corrected chi connectivity index (χ2v) is 3.73. The summed E-state index contributed by atoms with van der Waals surface area (Å²) in [5.41, 5.74) is 8.57. The van der Waals surface area contributed by atoms with E-state index in [1.807, 2.05) is 6.92 Å². The van der Waals surface area contributed by atoms with E-state index in [9.17, 15) is 0 Å². The molecule has 3 N–H and O–H groups in total. The Morgan fingerprint density at radius 2 is 2.58 bits per heavy atom.